The highest BCUT2D eigenvalue weighted by Gasteiger charge is 2.27. The van der Waals surface area contributed by atoms with Crippen LogP contribution in [-0.4, -0.2) is 18.4 Å². The fourth-order valence-electron chi connectivity index (χ4n) is 1.96. The third-order valence-corrected chi connectivity index (χ3v) is 3.00. The first-order valence-electron chi connectivity index (χ1n) is 6.21. The maximum atomic E-state index is 11.9. The van der Waals surface area contributed by atoms with Gasteiger partial charge in [0.05, 0.1) is 6.61 Å². The molecule has 3 heteroatoms. The second-order valence-electron chi connectivity index (χ2n) is 4.36. The first kappa shape index (κ1) is 12.6. The number of esters is 1. The first-order valence-corrected chi connectivity index (χ1v) is 6.21. The van der Waals surface area contributed by atoms with Gasteiger partial charge in [0.2, 0.25) is 0 Å². The second-order valence-corrected chi connectivity index (χ2v) is 4.36. The van der Waals surface area contributed by atoms with Crippen molar-refractivity contribution >= 4 is 17.8 Å². The van der Waals surface area contributed by atoms with Crippen molar-refractivity contribution in [2.24, 2.45) is 5.92 Å². The van der Waals surface area contributed by atoms with Crippen LogP contribution in [0.2, 0.25) is 0 Å². The Bertz CT molecular complexity index is 448. The van der Waals surface area contributed by atoms with Gasteiger partial charge in [-0.2, -0.15) is 0 Å². The van der Waals surface area contributed by atoms with Crippen LogP contribution in [0.4, 0.5) is 0 Å². The molecule has 1 aromatic rings. The van der Waals surface area contributed by atoms with Crippen molar-refractivity contribution in [3.8, 4) is 0 Å². The molecule has 0 spiro atoms. The summed E-state index contributed by atoms with van der Waals surface area (Å²) >= 11 is 0. The predicted molar refractivity (Wildman–Crippen MR) is 68.8 cm³/mol. The molecule has 0 amide bonds. The molecular formula is C15H16O3. The summed E-state index contributed by atoms with van der Waals surface area (Å²) in [7, 11) is 0. The predicted octanol–water partition coefficient (Wildman–Crippen LogP) is 2.61. The van der Waals surface area contributed by atoms with E-state index in [1.54, 1.807) is 6.08 Å². The molecule has 1 aromatic carbocycles. The number of allylic oxidation sites excluding steroid dienone is 1. The normalized spacial score (nSPS) is 20.4. The Kier molecular flexibility index (Phi) is 4.29. The molecular weight excluding hydrogens is 228 g/mol. The molecule has 1 aliphatic rings. The third-order valence-electron chi connectivity index (χ3n) is 3.00. The van der Waals surface area contributed by atoms with Crippen LogP contribution in [0.5, 0.6) is 0 Å². The smallest absolute Gasteiger partial charge is 0.316 e. The van der Waals surface area contributed by atoms with E-state index in [4.69, 9.17) is 4.74 Å². The minimum absolute atomic E-state index is 0.161. The van der Waals surface area contributed by atoms with Gasteiger partial charge in [0.1, 0.15) is 5.92 Å². The lowest BCUT2D eigenvalue weighted by atomic mass is 9.97. The molecule has 1 heterocycles. The molecule has 2 rings (SSSR count). The van der Waals surface area contributed by atoms with Gasteiger partial charge >= 0.3 is 5.97 Å². The van der Waals surface area contributed by atoms with Crippen molar-refractivity contribution < 1.29 is 14.3 Å². The van der Waals surface area contributed by atoms with E-state index in [2.05, 4.69) is 0 Å². The number of cyclic esters (lactones) is 1. The summed E-state index contributed by atoms with van der Waals surface area (Å²) in [6.45, 7) is 0.436. The van der Waals surface area contributed by atoms with Crippen LogP contribution in [0, 0.1) is 5.92 Å². The minimum atomic E-state index is -0.618. The number of carbonyl (C=O) groups excluding carboxylic acids is 2. The Labute approximate surface area is 106 Å². The Morgan fingerprint density at radius 3 is 2.78 bits per heavy atom. The molecule has 94 valence electrons. The lowest BCUT2D eigenvalue weighted by Gasteiger charge is -2.07. The molecule has 1 atom stereocenters. The van der Waals surface area contributed by atoms with Crippen LogP contribution in [0.25, 0.3) is 6.08 Å². The van der Waals surface area contributed by atoms with E-state index < -0.39 is 5.92 Å². The van der Waals surface area contributed by atoms with Crippen molar-refractivity contribution in [2.75, 3.05) is 6.61 Å². The van der Waals surface area contributed by atoms with Crippen molar-refractivity contribution in [3.63, 3.8) is 0 Å². The zero-order valence-corrected chi connectivity index (χ0v) is 10.2. The Morgan fingerprint density at radius 1 is 1.22 bits per heavy atom. The monoisotopic (exact) mass is 244 g/mol. The summed E-state index contributed by atoms with van der Waals surface area (Å²) < 4.78 is 4.99. The van der Waals surface area contributed by atoms with Crippen molar-refractivity contribution in [2.45, 2.75) is 19.3 Å². The highest BCUT2D eigenvalue weighted by Crippen LogP contribution is 2.17. The van der Waals surface area contributed by atoms with Gasteiger partial charge in [0.15, 0.2) is 5.78 Å². The Morgan fingerprint density at radius 2 is 2.00 bits per heavy atom. The number of carbonyl (C=O) groups is 2. The van der Waals surface area contributed by atoms with E-state index in [-0.39, 0.29) is 11.8 Å². The SMILES string of the molecule is O=C(/C=C/c1ccccc1)C1CCCCOC1=O. The molecule has 0 aromatic heterocycles. The van der Waals surface area contributed by atoms with Gasteiger partial charge in [-0.15, -0.1) is 0 Å². The van der Waals surface area contributed by atoms with Crippen LogP contribution in [-0.2, 0) is 14.3 Å². The van der Waals surface area contributed by atoms with Crippen molar-refractivity contribution in [3.05, 3.63) is 42.0 Å². The van der Waals surface area contributed by atoms with Gasteiger partial charge in [0, 0.05) is 0 Å². The lowest BCUT2D eigenvalue weighted by molar-refractivity contribution is -0.149. The molecule has 1 aliphatic heterocycles. The average Bonchev–Trinajstić information content (AvgIpc) is 2.62. The maximum absolute atomic E-state index is 11.9. The Hall–Kier alpha value is -1.90. The molecule has 0 radical (unpaired) electrons. The number of rotatable bonds is 3. The van der Waals surface area contributed by atoms with E-state index >= 15 is 0 Å². The van der Waals surface area contributed by atoms with Gasteiger partial charge in [-0.25, -0.2) is 0 Å². The van der Waals surface area contributed by atoms with E-state index in [0.29, 0.717) is 13.0 Å². The van der Waals surface area contributed by atoms with Gasteiger partial charge in [-0.3, -0.25) is 9.59 Å². The molecule has 0 saturated carbocycles. The summed E-state index contributed by atoms with van der Waals surface area (Å²) in [4.78, 5) is 23.5. The maximum Gasteiger partial charge on any atom is 0.316 e. The number of benzene rings is 1. The fraction of sp³-hybridized carbons (Fsp3) is 0.333. The van der Waals surface area contributed by atoms with Gasteiger partial charge in [-0.05, 0) is 30.9 Å². The summed E-state index contributed by atoms with van der Waals surface area (Å²) in [5.41, 5.74) is 0.952. The first-order chi connectivity index (χ1) is 8.77. The molecule has 1 unspecified atom stereocenters. The molecule has 0 aliphatic carbocycles. The summed E-state index contributed by atoms with van der Waals surface area (Å²) in [5, 5.41) is 0. The van der Waals surface area contributed by atoms with Crippen LogP contribution in [0.1, 0.15) is 24.8 Å². The minimum Gasteiger partial charge on any atom is -0.465 e. The van der Waals surface area contributed by atoms with Crippen LogP contribution < -0.4 is 0 Å². The topological polar surface area (TPSA) is 43.4 Å². The highest BCUT2D eigenvalue weighted by atomic mass is 16.5. The van der Waals surface area contributed by atoms with Crippen molar-refractivity contribution in [1.29, 1.82) is 0 Å². The largest absolute Gasteiger partial charge is 0.465 e. The van der Waals surface area contributed by atoms with E-state index in [1.165, 1.54) is 6.08 Å². The van der Waals surface area contributed by atoms with Gasteiger partial charge < -0.3 is 4.74 Å². The van der Waals surface area contributed by atoms with Crippen LogP contribution in [0.15, 0.2) is 36.4 Å². The molecule has 0 bridgehead atoms. The van der Waals surface area contributed by atoms with E-state index in [9.17, 15) is 9.59 Å². The molecule has 1 fully saturated rings. The summed E-state index contributed by atoms with van der Waals surface area (Å²) in [6.07, 6.45) is 5.52. The number of hydrogen-bond donors (Lipinski definition) is 0. The zero-order valence-electron chi connectivity index (χ0n) is 10.2. The van der Waals surface area contributed by atoms with E-state index in [1.807, 2.05) is 30.3 Å². The number of ether oxygens (including phenoxy) is 1. The standard InChI is InChI=1S/C15H16O3/c16-14(10-9-12-6-2-1-3-7-12)13-8-4-5-11-18-15(13)17/h1-3,6-7,9-10,13H,4-5,8,11H2/b10-9+. The van der Waals surface area contributed by atoms with Crippen molar-refractivity contribution in [1.82, 2.24) is 0 Å². The quantitative estimate of drug-likeness (QED) is 0.466. The van der Waals surface area contributed by atoms with Gasteiger partial charge in [0.25, 0.3) is 0 Å². The van der Waals surface area contributed by atoms with Gasteiger partial charge in [-0.1, -0.05) is 36.4 Å². The average molecular weight is 244 g/mol. The highest BCUT2D eigenvalue weighted by molar-refractivity contribution is 6.06. The Balaban J connectivity index is 2.02. The molecule has 0 N–H and O–H groups in total. The molecule has 1 saturated heterocycles. The zero-order chi connectivity index (χ0) is 12.8. The number of ketones is 1. The molecule has 18 heavy (non-hydrogen) atoms. The fourth-order valence-corrected chi connectivity index (χ4v) is 1.96. The molecule has 3 nitrogen and oxygen atoms in total. The second kappa shape index (κ2) is 6.15. The van der Waals surface area contributed by atoms with Crippen LogP contribution in [0.3, 0.4) is 0 Å². The summed E-state index contributed by atoms with van der Waals surface area (Å²) in [6, 6.07) is 9.56. The number of hydrogen-bond acceptors (Lipinski definition) is 3. The summed E-state index contributed by atoms with van der Waals surface area (Å²) in [5.74, 6) is -1.16. The third kappa shape index (κ3) is 3.29. The van der Waals surface area contributed by atoms with Crippen LogP contribution >= 0.6 is 0 Å². The van der Waals surface area contributed by atoms with E-state index in [0.717, 1.165) is 18.4 Å². The lowest BCUT2D eigenvalue weighted by Crippen LogP contribution is -2.23.